The number of rotatable bonds is 4. The standard InChI is InChI=1S/C15H25N3O4S2.ClH/c1-15(2)11-18(10-9-14(15)16)24(21,22)13-8-6-5-7-12(13)23(19,20)17(3)4;/h5-8,14H,9-11,16H2,1-4H3;1H. The smallest absolute Gasteiger partial charge is 0.244 e. The minimum atomic E-state index is -3.93. The lowest BCUT2D eigenvalue weighted by Crippen LogP contribution is -2.54. The molecule has 0 radical (unpaired) electrons. The quantitative estimate of drug-likeness (QED) is 0.799. The summed E-state index contributed by atoms with van der Waals surface area (Å²) in [7, 11) is -5.04. The van der Waals surface area contributed by atoms with E-state index in [2.05, 4.69) is 0 Å². The second-order valence-corrected chi connectivity index (χ2v) is 11.0. The van der Waals surface area contributed by atoms with Crippen molar-refractivity contribution in [3.05, 3.63) is 24.3 Å². The van der Waals surface area contributed by atoms with Gasteiger partial charge in [-0.15, -0.1) is 12.4 Å². The SMILES string of the molecule is CN(C)S(=O)(=O)c1ccccc1S(=O)(=O)N1CCC(N)C(C)(C)C1.Cl. The Kier molecular flexibility index (Phi) is 6.70. The first kappa shape index (κ1) is 22.3. The number of benzene rings is 1. The summed E-state index contributed by atoms with van der Waals surface area (Å²) in [5.41, 5.74) is 5.70. The molecule has 0 saturated carbocycles. The topological polar surface area (TPSA) is 101 Å². The molecule has 7 nitrogen and oxygen atoms in total. The van der Waals surface area contributed by atoms with E-state index in [0.29, 0.717) is 6.42 Å². The van der Waals surface area contributed by atoms with E-state index in [-0.39, 0.29) is 46.7 Å². The molecule has 1 aromatic rings. The average molecular weight is 412 g/mol. The summed E-state index contributed by atoms with van der Waals surface area (Å²) in [6, 6.07) is 5.62. The first-order chi connectivity index (χ1) is 10.9. The number of hydrogen-bond acceptors (Lipinski definition) is 5. The van der Waals surface area contributed by atoms with Crippen molar-refractivity contribution in [3.63, 3.8) is 0 Å². The summed E-state index contributed by atoms with van der Waals surface area (Å²) in [5.74, 6) is 0. The number of sulfonamides is 2. The van der Waals surface area contributed by atoms with Gasteiger partial charge in [0, 0.05) is 33.2 Å². The average Bonchev–Trinajstić information content (AvgIpc) is 2.49. The van der Waals surface area contributed by atoms with Gasteiger partial charge in [0.05, 0.1) is 0 Å². The van der Waals surface area contributed by atoms with Crippen LogP contribution >= 0.6 is 12.4 Å². The Hall–Kier alpha value is -0.710. The summed E-state index contributed by atoms with van der Waals surface area (Å²) >= 11 is 0. The maximum absolute atomic E-state index is 13.1. The van der Waals surface area contributed by atoms with Gasteiger partial charge in [0.1, 0.15) is 9.79 Å². The van der Waals surface area contributed by atoms with Crippen LogP contribution in [0.4, 0.5) is 0 Å². The zero-order valence-corrected chi connectivity index (χ0v) is 17.3. The minimum Gasteiger partial charge on any atom is -0.327 e. The van der Waals surface area contributed by atoms with E-state index < -0.39 is 20.0 Å². The molecule has 1 heterocycles. The van der Waals surface area contributed by atoms with E-state index in [1.807, 2.05) is 13.8 Å². The van der Waals surface area contributed by atoms with Gasteiger partial charge in [0.2, 0.25) is 20.0 Å². The largest absolute Gasteiger partial charge is 0.327 e. The maximum atomic E-state index is 13.1. The number of nitrogens with two attached hydrogens (primary N) is 1. The lowest BCUT2D eigenvalue weighted by Gasteiger charge is -2.41. The molecule has 1 aliphatic heterocycles. The molecule has 0 bridgehead atoms. The summed E-state index contributed by atoms with van der Waals surface area (Å²) in [6.45, 7) is 4.37. The summed E-state index contributed by atoms with van der Waals surface area (Å²) in [4.78, 5) is -0.396. The van der Waals surface area contributed by atoms with Crippen LogP contribution in [-0.2, 0) is 20.0 Å². The molecule has 1 fully saturated rings. The highest BCUT2D eigenvalue weighted by atomic mass is 35.5. The van der Waals surface area contributed by atoms with Crippen molar-refractivity contribution in [1.29, 1.82) is 0 Å². The van der Waals surface area contributed by atoms with E-state index in [9.17, 15) is 16.8 Å². The first-order valence-electron chi connectivity index (χ1n) is 7.68. The van der Waals surface area contributed by atoms with Gasteiger partial charge in [0.25, 0.3) is 0 Å². The minimum absolute atomic E-state index is 0. The van der Waals surface area contributed by atoms with Crippen LogP contribution in [0.1, 0.15) is 20.3 Å². The Bertz CT molecular complexity index is 823. The third-order valence-electron chi connectivity index (χ3n) is 4.50. The van der Waals surface area contributed by atoms with Crippen LogP contribution in [0.3, 0.4) is 0 Å². The maximum Gasteiger partial charge on any atom is 0.244 e. The Labute approximate surface area is 156 Å². The molecule has 2 rings (SSSR count). The number of nitrogens with zero attached hydrogens (tertiary/aromatic N) is 2. The second-order valence-electron chi connectivity index (χ2n) is 6.96. The van der Waals surface area contributed by atoms with Gasteiger partial charge in [-0.1, -0.05) is 26.0 Å². The molecule has 144 valence electrons. The molecule has 10 heteroatoms. The molecule has 0 spiro atoms. The molecule has 1 aliphatic rings. The van der Waals surface area contributed by atoms with Crippen molar-refractivity contribution >= 4 is 32.5 Å². The molecule has 1 aromatic carbocycles. The van der Waals surface area contributed by atoms with Crippen LogP contribution in [0.15, 0.2) is 34.1 Å². The summed E-state index contributed by atoms with van der Waals surface area (Å²) in [6.07, 6.45) is 0.537. The van der Waals surface area contributed by atoms with Crippen LogP contribution in [0.5, 0.6) is 0 Å². The fourth-order valence-electron chi connectivity index (χ4n) is 2.74. The second kappa shape index (κ2) is 7.50. The first-order valence-corrected chi connectivity index (χ1v) is 10.6. The van der Waals surface area contributed by atoms with E-state index in [1.165, 1.54) is 42.7 Å². The van der Waals surface area contributed by atoms with Gasteiger partial charge in [0.15, 0.2) is 0 Å². The Morgan fingerprint density at radius 3 is 2.12 bits per heavy atom. The van der Waals surface area contributed by atoms with Crippen molar-refractivity contribution < 1.29 is 16.8 Å². The van der Waals surface area contributed by atoms with Crippen molar-refractivity contribution in [2.75, 3.05) is 27.2 Å². The Morgan fingerprint density at radius 1 is 1.12 bits per heavy atom. The highest BCUT2D eigenvalue weighted by Gasteiger charge is 2.40. The van der Waals surface area contributed by atoms with Gasteiger partial charge >= 0.3 is 0 Å². The molecule has 1 saturated heterocycles. The van der Waals surface area contributed by atoms with Crippen molar-refractivity contribution in [2.24, 2.45) is 11.1 Å². The predicted octanol–water partition coefficient (Wildman–Crippen LogP) is 1.11. The fraction of sp³-hybridized carbons (Fsp3) is 0.600. The normalized spacial score (nSPS) is 21.8. The van der Waals surface area contributed by atoms with Crippen LogP contribution in [0.2, 0.25) is 0 Å². The molecular weight excluding hydrogens is 386 g/mol. The van der Waals surface area contributed by atoms with E-state index >= 15 is 0 Å². The number of hydrogen-bond donors (Lipinski definition) is 1. The lowest BCUT2D eigenvalue weighted by atomic mass is 9.81. The summed E-state index contributed by atoms with van der Waals surface area (Å²) in [5, 5.41) is 0. The van der Waals surface area contributed by atoms with Crippen LogP contribution in [0.25, 0.3) is 0 Å². The van der Waals surface area contributed by atoms with Crippen LogP contribution in [0, 0.1) is 5.41 Å². The van der Waals surface area contributed by atoms with E-state index in [4.69, 9.17) is 5.73 Å². The van der Waals surface area contributed by atoms with Gasteiger partial charge < -0.3 is 5.73 Å². The van der Waals surface area contributed by atoms with Gasteiger partial charge in [-0.25, -0.2) is 21.1 Å². The van der Waals surface area contributed by atoms with Crippen molar-refractivity contribution in [3.8, 4) is 0 Å². The lowest BCUT2D eigenvalue weighted by molar-refractivity contribution is 0.155. The summed E-state index contributed by atoms with van der Waals surface area (Å²) < 4.78 is 53.5. The molecule has 0 aromatic heterocycles. The predicted molar refractivity (Wildman–Crippen MR) is 99.7 cm³/mol. The molecule has 1 atom stereocenters. The molecule has 1 unspecified atom stereocenters. The fourth-order valence-corrected chi connectivity index (χ4v) is 6.04. The Balaban J connectivity index is 0.00000312. The molecular formula is C15H26ClN3O4S2. The zero-order chi connectivity index (χ0) is 18.3. The molecule has 0 amide bonds. The van der Waals surface area contributed by atoms with Gasteiger partial charge in [-0.2, -0.15) is 4.31 Å². The van der Waals surface area contributed by atoms with Crippen LogP contribution < -0.4 is 5.73 Å². The zero-order valence-electron chi connectivity index (χ0n) is 14.8. The third kappa shape index (κ3) is 4.17. The van der Waals surface area contributed by atoms with E-state index in [1.54, 1.807) is 0 Å². The highest BCUT2D eigenvalue weighted by molar-refractivity contribution is 7.92. The van der Waals surface area contributed by atoms with Crippen molar-refractivity contribution in [2.45, 2.75) is 36.1 Å². The number of halogens is 1. The third-order valence-corrected chi connectivity index (χ3v) is 8.41. The van der Waals surface area contributed by atoms with Crippen molar-refractivity contribution in [1.82, 2.24) is 8.61 Å². The van der Waals surface area contributed by atoms with Crippen LogP contribution in [-0.4, -0.2) is 58.7 Å². The number of piperidine rings is 1. The van der Waals surface area contributed by atoms with E-state index in [0.717, 1.165) is 4.31 Å². The van der Waals surface area contributed by atoms with Gasteiger partial charge in [-0.3, -0.25) is 0 Å². The highest BCUT2D eigenvalue weighted by Crippen LogP contribution is 2.33. The molecule has 25 heavy (non-hydrogen) atoms. The monoisotopic (exact) mass is 411 g/mol. The Morgan fingerprint density at radius 2 is 1.64 bits per heavy atom. The van der Waals surface area contributed by atoms with Gasteiger partial charge in [-0.05, 0) is 24.0 Å². The molecule has 2 N–H and O–H groups in total. The molecule has 0 aliphatic carbocycles.